The molecule has 23 heavy (non-hydrogen) atoms. The van der Waals surface area contributed by atoms with Crippen molar-refractivity contribution in [3.63, 3.8) is 0 Å². The van der Waals surface area contributed by atoms with Gasteiger partial charge in [-0.1, -0.05) is 22.0 Å². The van der Waals surface area contributed by atoms with Gasteiger partial charge in [-0.25, -0.2) is 9.97 Å². The standard InChI is InChI=1S/C17H14BrN5/c18-14-2-1-13-11-23(8-4-12(13)9-14)17-21-5-3-15(22-17)16-10-19-6-7-20-16/h1-3,5-7,9-10H,4,8,11H2. The predicted molar refractivity (Wildman–Crippen MR) is 92.0 cm³/mol. The molecule has 0 saturated heterocycles. The molecule has 6 heteroatoms. The Labute approximate surface area is 142 Å². The van der Waals surface area contributed by atoms with Crippen LogP contribution in [0.5, 0.6) is 0 Å². The number of rotatable bonds is 2. The normalized spacial score (nSPS) is 13.7. The average Bonchev–Trinajstić information content (AvgIpc) is 2.62. The number of halogens is 1. The summed E-state index contributed by atoms with van der Waals surface area (Å²) in [5.41, 5.74) is 4.27. The van der Waals surface area contributed by atoms with Crippen LogP contribution in [0.4, 0.5) is 5.95 Å². The Morgan fingerprint density at radius 1 is 0.957 bits per heavy atom. The molecular formula is C17H14BrN5. The molecule has 114 valence electrons. The molecule has 0 atom stereocenters. The molecule has 0 N–H and O–H groups in total. The summed E-state index contributed by atoms with van der Waals surface area (Å²) in [6.07, 6.45) is 7.82. The van der Waals surface area contributed by atoms with Crippen molar-refractivity contribution >= 4 is 21.9 Å². The third kappa shape index (κ3) is 2.94. The van der Waals surface area contributed by atoms with Crippen molar-refractivity contribution in [2.45, 2.75) is 13.0 Å². The summed E-state index contributed by atoms with van der Waals surface area (Å²) in [6, 6.07) is 8.31. The summed E-state index contributed by atoms with van der Waals surface area (Å²) >= 11 is 3.53. The lowest BCUT2D eigenvalue weighted by atomic mass is 10.0. The highest BCUT2D eigenvalue weighted by Gasteiger charge is 2.19. The molecule has 1 aliphatic rings. The van der Waals surface area contributed by atoms with Crippen molar-refractivity contribution in [2.24, 2.45) is 0 Å². The number of anilines is 1. The van der Waals surface area contributed by atoms with E-state index in [1.165, 1.54) is 11.1 Å². The minimum Gasteiger partial charge on any atom is -0.336 e. The number of aromatic nitrogens is 4. The van der Waals surface area contributed by atoms with Crippen LogP contribution >= 0.6 is 15.9 Å². The van der Waals surface area contributed by atoms with Crippen LogP contribution in [0.2, 0.25) is 0 Å². The fraction of sp³-hybridized carbons (Fsp3) is 0.176. The summed E-state index contributed by atoms with van der Waals surface area (Å²) in [7, 11) is 0. The molecule has 1 aliphatic heterocycles. The van der Waals surface area contributed by atoms with Crippen molar-refractivity contribution in [3.8, 4) is 11.4 Å². The van der Waals surface area contributed by atoms with Crippen molar-refractivity contribution in [1.29, 1.82) is 0 Å². The SMILES string of the molecule is Brc1ccc2c(c1)CCN(c1nccc(-c3cnccn3)n1)C2. The first-order valence-electron chi connectivity index (χ1n) is 7.41. The van der Waals surface area contributed by atoms with Crippen LogP contribution in [-0.4, -0.2) is 26.5 Å². The lowest BCUT2D eigenvalue weighted by Crippen LogP contribution is -2.31. The second kappa shape index (κ2) is 6.04. The van der Waals surface area contributed by atoms with Gasteiger partial charge in [0, 0.05) is 36.2 Å². The van der Waals surface area contributed by atoms with E-state index in [-0.39, 0.29) is 0 Å². The van der Waals surface area contributed by atoms with Crippen LogP contribution < -0.4 is 4.90 Å². The Balaban J connectivity index is 1.63. The van der Waals surface area contributed by atoms with Gasteiger partial charge in [0.2, 0.25) is 5.95 Å². The van der Waals surface area contributed by atoms with E-state index in [2.05, 4.69) is 59.0 Å². The van der Waals surface area contributed by atoms with Gasteiger partial charge in [0.1, 0.15) is 5.69 Å². The van der Waals surface area contributed by atoms with E-state index in [9.17, 15) is 0 Å². The van der Waals surface area contributed by atoms with E-state index in [0.29, 0.717) is 0 Å². The molecule has 3 aromatic rings. The van der Waals surface area contributed by atoms with Gasteiger partial charge in [0.15, 0.2) is 0 Å². The fourth-order valence-corrected chi connectivity index (χ4v) is 3.18. The third-order valence-corrected chi connectivity index (χ3v) is 4.43. The topological polar surface area (TPSA) is 54.8 Å². The number of hydrogen-bond donors (Lipinski definition) is 0. The van der Waals surface area contributed by atoms with Crippen LogP contribution in [0.25, 0.3) is 11.4 Å². The van der Waals surface area contributed by atoms with Crippen molar-refractivity contribution in [1.82, 2.24) is 19.9 Å². The molecule has 4 rings (SSSR count). The molecule has 5 nitrogen and oxygen atoms in total. The van der Waals surface area contributed by atoms with Gasteiger partial charge >= 0.3 is 0 Å². The highest BCUT2D eigenvalue weighted by atomic mass is 79.9. The molecule has 0 radical (unpaired) electrons. The van der Waals surface area contributed by atoms with Gasteiger partial charge < -0.3 is 4.90 Å². The maximum Gasteiger partial charge on any atom is 0.226 e. The van der Waals surface area contributed by atoms with Crippen molar-refractivity contribution in [3.05, 3.63) is 64.7 Å². The zero-order valence-electron chi connectivity index (χ0n) is 12.4. The Bertz CT molecular complexity index is 837. The minimum atomic E-state index is 0.738. The van der Waals surface area contributed by atoms with Gasteiger partial charge in [0.05, 0.1) is 11.9 Å². The number of hydrogen-bond acceptors (Lipinski definition) is 5. The number of benzene rings is 1. The third-order valence-electron chi connectivity index (χ3n) is 3.93. The predicted octanol–water partition coefficient (Wildman–Crippen LogP) is 3.26. The maximum absolute atomic E-state index is 4.66. The van der Waals surface area contributed by atoms with Crippen molar-refractivity contribution < 1.29 is 0 Å². The lowest BCUT2D eigenvalue weighted by molar-refractivity contribution is 0.707. The Morgan fingerprint density at radius 3 is 2.78 bits per heavy atom. The van der Waals surface area contributed by atoms with Gasteiger partial charge in [-0.3, -0.25) is 9.97 Å². The Hall–Kier alpha value is -2.34. The molecule has 0 amide bonds. The van der Waals surface area contributed by atoms with Crippen LogP contribution in [0.15, 0.2) is 53.5 Å². The molecule has 0 unspecified atom stereocenters. The van der Waals surface area contributed by atoms with E-state index in [1.807, 2.05) is 6.07 Å². The van der Waals surface area contributed by atoms with Crippen LogP contribution in [-0.2, 0) is 13.0 Å². The average molecular weight is 368 g/mol. The van der Waals surface area contributed by atoms with Crippen molar-refractivity contribution in [2.75, 3.05) is 11.4 Å². The second-order valence-electron chi connectivity index (χ2n) is 5.42. The van der Waals surface area contributed by atoms with E-state index in [1.54, 1.807) is 24.8 Å². The van der Waals surface area contributed by atoms with E-state index in [0.717, 1.165) is 41.3 Å². The first-order chi connectivity index (χ1) is 11.3. The monoisotopic (exact) mass is 367 g/mol. The first kappa shape index (κ1) is 14.3. The summed E-state index contributed by atoms with van der Waals surface area (Å²) in [5.74, 6) is 0.738. The molecule has 0 saturated carbocycles. The molecule has 3 heterocycles. The molecule has 0 bridgehead atoms. The molecular weight excluding hydrogens is 354 g/mol. The molecule has 0 aliphatic carbocycles. The quantitative estimate of drug-likeness (QED) is 0.695. The summed E-state index contributed by atoms with van der Waals surface area (Å²) in [6.45, 7) is 1.74. The first-order valence-corrected chi connectivity index (χ1v) is 8.20. The zero-order chi connectivity index (χ0) is 15.6. The van der Waals surface area contributed by atoms with E-state index >= 15 is 0 Å². The molecule has 0 fully saturated rings. The summed E-state index contributed by atoms with van der Waals surface area (Å²) < 4.78 is 1.13. The van der Waals surface area contributed by atoms with Gasteiger partial charge in [-0.15, -0.1) is 0 Å². The summed E-state index contributed by atoms with van der Waals surface area (Å²) in [5, 5.41) is 0. The van der Waals surface area contributed by atoms with Gasteiger partial charge in [0.25, 0.3) is 0 Å². The molecule has 2 aromatic heterocycles. The smallest absolute Gasteiger partial charge is 0.226 e. The van der Waals surface area contributed by atoms with Crippen LogP contribution in [0.1, 0.15) is 11.1 Å². The summed E-state index contributed by atoms with van der Waals surface area (Å²) in [4.78, 5) is 19.7. The lowest BCUT2D eigenvalue weighted by Gasteiger charge is -2.29. The fourth-order valence-electron chi connectivity index (χ4n) is 2.77. The van der Waals surface area contributed by atoms with Crippen LogP contribution in [0.3, 0.4) is 0 Å². The Morgan fingerprint density at radius 2 is 1.91 bits per heavy atom. The van der Waals surface area contributed by atoms with E-state index in [4.69, 9.17) is 0 Å². The van der Waals surface area contributed by atoms with Gasteiger partial charge in [-0.2, -0.15) is 0 Å². The molecule has 0 spiro atoms. The largest absolute Gasteiger partial charge is 0.336 e. The van der Waals surface area contributed by atoms with Gasteiger partial charge in [-0.05, 0) is 35.7 Å². The molecule has 1 aromatic carbocycles. The van der Waals surface area contributed by atoms with Crippen LogP contribution in [0, 0.1) is 0 Å². The highest BCUT2D eigenvalue weighted by molar-refractivity contribution is 9.10. The van der Waals surface area contributed by atoms with E-state index < -0.39 is 0 Å². The zero-order valence-corrected chi connectivity index (χ0v) is 13.9. The highest BCUT2D eigenvalue weighted by Crippen LogP contribution is 2.25. The number of nitrogens with zero attached hydrogens (tertiary/aromatic N) is 5. The second-order valence-corrected chi connectivity index (χ2v) is 6.33. The minimum absolute atomic E-state index is 0.738. The number of fused-ring (bicyclic) bond motifs is 1. The Kier molecular flexibility index (Phi) is 3.75. The maximum atomic E-state index is 4.66.